The topological polar surface area (TPSA) is 95.4 Å². The molecule has 2 amide bonds. The van der Waals surface area contributed by atoms with Crippen molar-refractivity contribution in [2.45, 2.75) is 135 Å². The fraction of sp³-hybridized carbons (Fsp3) is 0.688. The number of hydrogen-bond donors (Lipinski definition) is 0. The van der Waals surface area contributed by atoms with E-state index in [2.05, 4.69) is 56.9 Å². The second-order valence-electron chi connectivity index (χ2n) is 12.6. The van der Waals surface area contributed by atoms with Crippen molar-refractivity contribution >= 4 is 20.1 Å². The monoisotopic (exact) mass is 568 g/mol. The van der Waals surface area contributed by atoms with E-state index in [4.69, 9.17) is 9.96 Å². The molecule has 1 aromatic rings. The zero-order valence-electron chi connectivity index (χ0n) is 25.8. The molecule has 1 aromatic carbocycles. The van der Waals surface area contributed by atoms with Crippen LogP contribution in [0.3, 0.4) is 0 Å². The van der Waals surface area contributed by atoms with Crippen molar-refractivity contribution in [1.29, 1.82) is 0 Å². The van der Waals surface area contributed by atoms with Crippen LogP contribution in [-0.2, 0) is 4.43 Å². The quantitative estimate of drug-likeness (QED) is 0.0316. The van der Waals surface area contributed by atoms with Crippen molar-refractivity contribution in [2.24, 2.45) is 5.11 Å². The van der Waals surface area contributed by atoms with Crippen LogP contribution in [0.1, 0.15) is 125 Å². The zero-order valence-corrected chi connectivity index (χ0v) is 26.8. The molecular weight excluding hydrogens is 516 g/mol. The Balaban J connectivity index is 2.07. The zero-order chi connectivity index (χ0) is 29.6. The van der Waals surface area contributed by atoms with E-state index in [-0.39, 0.29) is 23.4 Å². The SMILES string of the molecule is CCCCCCCCCCCCC/C=C/[C@@H](O[Si](C)(C)C(C)(C)C)[C@H](CN=[N+]=[N-])N1C(=O)c2ccccc2C1=O. The number of carbonyl (C=O) groups is 2. The van der Waals surface area contributed by atoms with Gasteiger partial charge >= 0.3 is 0 Å². The first-order valence-corrected chi connectivity index (χ1v) is 18.3. The highest BCUT2D eigenvalue weighted by Crippen LogP contribution is 2.39. The number of amides is 2. The van der Waals surface area contributed by atoms with E-state index in [0.717, 1.165) is 12.8 Å². The standard InChI is InChI=1S/C32H52N4O3Si/c1-7-8-9-10-11-12-13-14-15-16-17-18-19-24-29(39-40(5,6)32(2,3)4)28(25-34-35-33)36-30(37)26-22-20-21-23-27(26)31(36)38/h19-24,28-29H,7-18,25H2,1-6H3/b24-19+/t28-,29+/m0/s1. The van der Waals surface area contributed by atoms with Gasteiger partial charge in [0.2, 0.25) is 0 Å². The Morgan fingerprint density at radius 1 is 0.925 bits per heavy atom. The molecule has 0 N–H and O–H groups in total. The first kappa shape index (κ1) is 33.8. The van der Waals surface area contributed by atoms with Gasteiger partial charge in [0.05, 0.1) is 23.3 Å². The summed E-state index contributed by atoms with van der Waals surface area (Å²) in [7, 11) is -2.29. The maximum absolute atomic E-state index is 13.4. The molecule has 0 bridgehead atoms. The molecule has 7 nitrogen and oxygen atoms in total. The Labute approximate surface area is 243 Å². The van der Waals surface area contributed by atoms with Crippen LogP contribution >= 0.6 is 0 Å². The van der Waals surface area contributed by atoms with Crippen molar-refractivity contribution in [3.8, 4) is 0 Å². The highest BCUT2D eigenvalue weighted by Gasteiger charge is 2.45. The van der Waals surface area contributed by atoms with Crippen LogP contribution in [0, 0.1) is 0 Å². The van der Waals surface area contributed by atoms with E-state index in [1.54, 1.807) is 24.3 Å². The van der Waals surface area contributed by atoms with Crippen LogP contribution in [0.25, 0.3) is 10.4 Å². The molecule has 2 rings (SSSR count). The molecule has 2 atom stereocenters. The van der Waals surface area contributed by atoms with Crippen molar-refractivity contribution in [2.75, 3.05) is 6.54 Å². The van der Waals surface area contributed by atoms with Gasteiger partial charge in [-0.05, 0) is 48.6 Å². The van der Waals surface area contributed by atoms with Gasteiger partial charge in [0.25, 0.3) is 11.8 Å². The number of fused-ring (bicyclic) bond motifs is 1. The number of hydrogen-bond acceptors (Lipinski definition) is 4. The molecule has 222 valence electrons. The normalized spacial score (nSPS) is 15.4. The number of azide groups is 1. The Bertz CT molecular complexity index is 992. The fourth-order valence-electron chi connectivity index (χ4n) is 4.88. The van der Waals surface area contributed by atoms with Gasteiger partial charge in [-0.3, -0.25) is 14.5 Å². The van der Waals surface area contributed by atoms with Gasteiger partial charge in [-0.15, -0.1) is 0 Å². The third-order valence-electron chi connectivity index (χ3n) is 8.41. The Hall–Kier alpha value is -2.41. The van der Waals surface area contributed by atoms with Crippen molar-refractivity contribution in [1.82, 2.24) is 4.90 Å². The van der Waals surface area contributed by atoms with Gasteiger partial charge in [0.1, 0.15) is 0 Å². The Kier molecular flexibility index (Phi) is 14.2. The maximum atomic E-state index is 13.4. The smallest absolute Gasteiger partial charge is 0.261 e. The summed E-state index contributed by atoms with van der Waals surface area (Å²) in [6.45, 7) is 13.0. The Morgan fingerprint density at radius 2 is 1.43 bits per heavy atom. The minimum atomic E-state index is -2.29. The van der Waals surface area contributed by atoms with E-state index in [1.165, 1.54) is 69.1 Å². The predicted octanol–water partition coefficient (Wildman–Crippen LogP) is 9.61. The summed E-state index contributed by atoms with van der Waals surface area (Å²) in [6.07, 6.45) is 18.7. The second-order valence-corrected chi connectivity index (χ2v) is 17.4. The number of nitrogens with zero attached hydrogens (tertiary/aromatic N) is 4. The molecule has 0 spiro atoms. The molecule has 0 saturated carbocycles. The average molecular weight is 569 g/mol. The van der Waals surface area contributed by atoms with Gasteiger partial charge in [-0.25, -0.2) is 0 Å². The summed E-state index contributed by atoms with van der Waals surface area (Å²) >= 11 is 0. The van der Waals surface area contributed by atoms with Crippen LogP contribution in [0.5, 0.6) is 0 Å². The van der Waals surface area contributed by atoms with Gasteiger partial charge in [-0.1, -0.05) is 121 Å². The molecule has 0 fully saturated rings. The number of carbonyl (C=O) groups excluding carboxylic acids is 2. The van der Waals surface area contributed by atoms with E-state index >= 15 is 0 Å². The lowest BCUT2D eigenvalue weighted by atomic mass is 10.0. The van der Waals surface area contributed by atoms with E-state index in [0.29, 0.717) is 11.1 Å². The van der Waals surface area contributed by atoms with Gasteiger partial charge < -0.3 is 4.43 Å². The number of rotatable bonds is 19. The lowest BCUT2D eigenvalue weighted by Gasteiger charge is -2.42. The van der Waals surface area contributed by atoms with E-state index < -0.39 is 20.5 Å². The predicted molar refractivity (Wildman–Crippen MR) is 167 cm³/mol. The number of imide groups is 1. The lowest BCUT2D eigenvalue weighted by Crippen LogP contribution is -2.54. The van der Waals surface area contributed by atoms with E-state index in [1.807, 2.05) is 6.08 Å². The molecule has 40 heavy (non-hydrogen) atoms. The van der Waals surface area contributed by atoms with Crippen LogP contribution in [0.4, 0.5) is 0 Å². The molecular formula is C32H52N4O3Si. The first-order valence-electron chi connectivity index (χ1n) is 15.4. The molecule has 8 heteroatoms. The maximum Gasteiger partial charge on any atom is 0.261 e. The van der Waals surface area contributed by atoms with Gasteiger partial charge in [-0.2, -0.15) is 0 Å². The van der Waals surface area contributed by atoms with Crippen LogP contribution in [-0.4, -0.2) is 43.7 Å². The van der Waals surface area contributed by atoms with Gasteiger partial charge in [0.15, 0.2) is 8.32 Å². The summed E-state index contributed by atoms with van der Waals surface area (Å²) < 4.78 is 6.80. The number of benzene rings is 1. The van der Waals surface area contributed by atoms with Crippen LogP contribution < -0.4 is 0 Å². The summed E-state index contributed by atoms with van der Waals surface area (Å²) in [5.74, 6) is -0.720. The first-order chi connectivity index (χ1) is 19.0. The minimum absolute atomic E-state index is 0.0377. The third-order valence-corrected chi connectivity index (χ3v) is 12.9. The molecule has 0 unspecified atom stereocenters. The Morgan fingerprint density at radius 3 is 1.90 bits per heavy atom. The second kappa shape index (κ2) is 16.8. The van der Waals surface area contributed by atoms with Crippen LogP contribution in [0.2, 0.25) is 18.1 Å². The lowest BCUT2D eigenvalue weighted by molar-refractivity contribution is 0.0460. The number of allylic oxidation sites excluding steroid dienone is 1. The molecule has 1 aliphatic heterocycles. The average Bonchev–Trinajstić information content (AvgIpc) is 3.16. The van der Waals surface area contributed by atoms with Crippen molar-refractivity contribution in [3.63, 3.8) is 0 Å². The summed E-state index contributed by atoms with van der Waals surface area (Å²) in [6, 6.07) is 6.14. The molecule has 1 aliphatic rings. The highest BCUT2D eigenvalue weighted by molar-refractivity contribution is 6.74. The fourth-order valence-corrected chi connectivity index (χ4v) is 6.15. The highest BCUT2D eigenvalue weighted by atomic mass is 28.4. The van der Waals surface area contributed by atoms with Crippen molar-refractivity contribution in [3.05, 3.63) is 58.0 Å². The molecule has 0 radical (unpaired) electrons. The van der Waals surface area contributed by atoms with Crippen molar-refractivity contribution < 1.29 is 14.0 Å². The molecule has 0 aliphatic carbocycles. The molecule has 0 saturated heterocycles. The van der Waals surface area contributed by atoms with E-state index in [9.17, 15) is 9.59 Å². The molecule has 0 aromatic heterocycles. The minimum Gasteiger partial charge on any atom is -0.408 e. The molecule has 1 heterocycles. The largest absolute Gasteiger partial charge is 0.408 e. The van der Waals surface area contributed by atoms with Crippen LogP contribution in [0.15, 0.2) is 41.5 Å². The summed E-state index contributed by atoms with van der Waals surface area (Å²) in [5, 5.41) is 3.74. The summed E-state index contributed by atoms with van der Waals surface area (Å²) in [4.78, 5) is 30.9. The van der Waals surface area contributed by atoms with Gasteiger partial charge in [0, 0.05) is 11.5 Å². The third kappa shape index (κ3) is 9.90. The summed E-state index contributed by atoms with van der Waals surface area (Å²) in [5.41, 5.74) is 9.89. The number of unbranched alkanes of at least 4 members (excludes halogenated alkanes) is 11.